The van der Waals surface area contributed by atoms with E-state index in [9.17, 15) is 22.8 Å². The summed E-state index contributed by atoms with van der Waals surface area (Å²) in [5.74, 6) is -1.93. The maximum Gasteiger partial charge on any atom is 0.429 e. The Kier molecular flexibility index (Phi) is 9.36. The zero-order chi connectivity index (χ0) is 30.8. The summed E-state index contributed by atoms with van der Waals surface area (Å²) < 4.78 is 35.0. The van der Waals surface area contributed by atoms with Gasteiger partial charge in [0.2, 0.25) is 5.54 Å². The van der Waals surface area contributed by atoms with Gasteiger partial charge >= 0.3 is 12.1 Å². The number of hydrogen-bond donors (Lipinski definition) is 1. The minimum absolute atomic E-state index is 0.262. The quantitative estimate of drug-likeness (QED) is 0.267. The third-order valence-corrected chi connectivity index (χ3v) is 8.67. The molecule has 2 aromatic rings. The van der Waals surface area contributed by atoms with Crippen LogP contribution in [-0.4, -0.2) is 73.5 Å². The number of rotatable bonds is 9. The van der Waals surface area contributed by atoms with E-state index >= 15 is 0 Å². The van der Waals surface area contributed by atoms with Crippen LogP contribution < -0.4 is 5.32 Å². The van der Waals surface area contributed by atoms with Gasteiger partial charge in [0.25, 0.3) is 10.0 Å². The van der Waals surface area contributed by atoms with Crippen LogP contribution in [0.2, 0.25) is 0 Å². The molecule has 10 nitrogen and oxygen atoms in total. The fourth-order valence-electron chi connectivity index (χ4n) is 4.68. The van der Waals surface area contributed by atoms with Gasteiger partial charge in [0.1, 0.15) is 5.60 Å². The van der Waals surface area contributed by atoms with Crippen molar-refractivity contribution in [1.82, 2.24) is 14.7 Å². The van der Waals surface area contributed by atoms with Gasteiger partial charge in [0.15, 0.2) is 5.78 Å². The molecule has 1 fully saturated rings. The molecular weight excluding hydrogens is 546 g/mol. The van der Waals surface area contributed by atoms with E-state index in [2.05, 4.69) is 5.32 Å². The second-order valence-electron chi connectivity index (χ2n) is 12.3. The van der Waals surface area contributed by atoms with E-state index in [0.29, 0.717) is 18.5 Å². The second-order valence-corrected chi connectivity index (χ2v) is 14.1. The van der Waals surface area contributed by atoms with Crippen molar-refractivity contribution in [3.8, 4) is 0 Å². The third-order valence-electron chi connectivity index (χ3n) is 6.98. The molecule has 0 unspecified atom stereocenters. The van der Waals surface area contributed by atoms with E-state index in [1.165, 1.54) is 26.2 Å². The molecule has 0 saturated carbocycles. The van der Waals surface area contributed by atoms with Crippen LogP contribution in [0.5, 0.6) is 0 Å². The number of hydroxylamine groups is 1. The number of ketones is 1. The van der Waals surface area contributed by atoms with E-state index in [4.69, 9.17) is 9.57 Å². The molecule has 1 aliphatic rings. The minimum atomic E-state index is -4.82. The summed E-state index contributed by atoms with van der Waals surface area (Å²) in [7, 11) is -2.08. The van der Waals surface area contributed by atoms with Crippen molar-refractivity contribution < 1.29 is 32.4 Å². The molecule has 224 valence electrons. The van der Waals surface area contributed by atoms with E-state index in [0.717, 1.165) is 10.5 Å². The largest absolute Gasteiger partial charge is 0.458 e. The van der Waals surface area contributed by atoms with Gasteiger partial charge < -0.3 is 19.8 Å². The van der Waals surface area contributed by atoms with Crippen LogP contribution in [0.4, 0.5) is 4.79 Å². The fraction of sp³-hybridized carbons (Fsp3) is 0.500. The monoisotopic (exact) mass is 587 g/mol. The molecule has 11 heteroatoms. The lowest BCUT2D eigenvalue weighted by molar-refractivity contribution is -0.189. The molecule has 1 N–H and O–H groups in total. The summed E-state index contributed by atoms with van der Waals surface area (Å²) in [5, 5.41) is 3.16. The Morgan fingerprint density at radius 3 is 2.07 bits per heavy atom. The maximum absolute atomic E-state index is 14.9. The zero-order valence-corrected chi connectivity index (χ0v) is 25.9. The molecule has 2 aromatic carbocycles. The Morgan fingerprint density at radius 2 is 1.59 bits per heavy atom. The van der Waals surface area contributed by atoms with Gasteiger partial charge in [-0.15, -0.1) is 0 Å². The molecule has 0 bridgehead atoms. The Balaban J connectivity index is 2.43. The lowest BCUT2D eigenvalue weighted by atomic mass is 9.75. The number of ether oxygens (including phenoxy) is 1. The lowest BCUT2D eigenvalue weighted by Gasteiger charge is -2.42. The van der Waals surface area contributed by atoms with Crippen LogP contribution in [0, 0.1) is 12.3 Å². The van der Waals surface area contributed by atoms with Crippen molar-refractivity contribution in [2.75, 3.05) is 20.6 Å². The fourth-order valence-corrected chi connectivity index (χ4v) is 6.15. The third kappa shape index (κ3) is 6.97. The van der Waals surface area contributed by atoms with Crippen molar-refractivity contribution in [2.24, 2.45) is 5.41 Å². The molecule has 1 saturated heterocycles. The number of benzene rings is 2. The van der Waals surface area contributed by atoms with Crippen LogP contribution in [-0.2, 0) is 35.6 Å². The van der Waals surface area contributed by atoms with Gasteiger partial charge in [0.05, 0.1) is 10.9 Å². The van der Waals surface area contributed by atoms with Gasteiger partial charge in [-0.3, -0.25) is 4.79 Å². The first kappa shape index (κ1) is 32.2. The lowest BCUT2D eigenvalue weighted by Crippen LogP contribution is -2.69. The first-order valence-electron chi connectivity index (χ1n) is 13.5. The van der Waals surface area contributed by atoms with Crippen molar-refractivity contribution in [2.45, 2.75) is 76.5 Å². The average Bonchev–Trinajstić information content (AvgIpc) is 3.23. The van der Waals surface area contributed by atoms with Crippen LogP contribution >= 0.6 is 0 Å². The summed E-state index contributed by atoms with van der Waals surface area (Å²) in [6.45, 7) is 10.8. The predicted molar refractivity (Wildman–Crippen MR) is 154 cm³/mol. The Morgan fingerprint density at radius 1 is 1.00 bits per heavy atom. The highest BCUT2D eigenvalue weighted by Crippen LogP contribution is 2.39. The number of sulfonamides is 1. The zero-order valence-electron chi connectivity index (χ0n) is 25.1. The van der Waals surface area contributed by atoms with Crippen molar-refractivity contribution in [3.63, 3.8) is 0 Å². The molecule has 2 atom stereocenters. The van der Waals surface area contributed by atoms with Crippen LogP contribution in [0.25, 0.3) is 0 Å². The molecule has 1 amide bonds. The minimum Gasteiger partial charge on any atom is -0.458 e. The number of carbonyl (C=O) groups excluding carboxylic acids is 3. The van der Waals surface area contributed by atoms with Gasteiger partial charge in [-0.25, -0.2) is 18.0 Å². The first-order valence-corrected chi connectivity index (χ1v) is 14.9. The highest BCUT2D eigenvalue weighted by atomic mass is 32.2. The SMILES string of the molecule is Cc1ccc(S(=O)(=O)N(OC(=O)N(C)C)[C@@](Cc2ccccc2)(C(=O)OC(C)(C)C)C(=O)[C@H]2NCCC2(C)C)cc1. The Labute approximate surface area is 243 Å². The summed E-state index contributed by atoms with van der Waals surface area (Å²) >= 11 is 0. The van der Waals surface area contributed by atoms with Crippen molar-refractivity contribution in [3.05, 3.63) is 65.7 Å². The van der Waals surface area contributed by atoms with E-state index < -0.39 is 56.9 Å². The standard InChI is InChI=1S/C30H41N3O7S/c1-21-14-16-23(17-15-21)41(37,38)33(40-27(36)32(7)8)30(26(35)39-28(2,3)4,20-22-12-10-9-11-13-22)25(34)24-29(5,6)18-19-31-24/h9-17,24,31H,18-20H2,1-8H3/t24-,30-/m1/s1. The number of carbonyl (C=O) groups is 3. The highest BCUT2D eigenvalue weighted by Gasteiger charge is 2.64. The molecule has 41 heavy (non-hydrogen) atoms. The molecule has 3 rings (SSSR count). The van der Waals surface area contributed by atoms with Gasteiger partial charge in [-0.1, -0.05) is 61.9 Å². The molecular formula is C30H41N3O7S. The molecule has 0 aromatic heterocycles. The van der Waals surface area contributed by atoms with Crippen LogP contribution in [0.1, 0.15) is 52.2 Å². The number of nitrogens with zero attached hydrogens (tertiary/aromatic N) is 2. The van der Waals surface area contributed by atoms with Gasteiger partial charge in [-0.2, -0.15) is 0 Å². The smallest absolute Gasteiger partial charge is 0.429 e. The molecule has 1 aliphatic heterocycles. The number of aryl methyl sites for hydroxylation is 1. The highest BCUT2D eigenvalue weighted by molar-refractivity contribution is 7.89. The topological polar surface area (TPSA) is 122 Å². The summed E-state index contributed by atoms with van der Waals surface area (Å²) in [6, 6.07) is 13.4. The number of hydrogen-bond acceptors (Lipinski definition) is 8. The van der Waals surface area contributed by atoms with Crippen molar-refractivity contribution >= 4 is 27.9 Å². The van der Waals surface area contributed by atoms with Crippen LogP contribution in [0.15, 0.2) is 59.5 Å². The van der Waals surface area contributed by atoms with E-state index in [1.54, 1.807) is 70.2 Å². The number of esters is 1. The van der Waals surface area contributed by atoms with E-state index in [1.807, 2.05) is 13.8 Å². The number of Topliss-reactive ketones (excluding diaryl/α,β-unsaturated/α-hetero) is 1. The van der Waals surface area contributed by atoms with E-state index in [-0.39, 0.29) is 9.36 Å². The summed E-state index contributed by atoms with van der Waals surface area (Å²) in [4.78, 5) is 48.7. The summed E-state index contributed by atoms with van der Waals surface area (Å²) in [5.41, 5.74) is -3.12. The molecule has 0 spiro atoms. The molecule has 1 heterocycles. The Bertz CT molecular complexity index is 1370. The maximum atomic E-state index is 14.9. The molecule has 0 aliphatic carbocycles. The molecule has 0 radical (unpaired) electrons. The second kappa shape index (κ2) is 11.9. The number of amides is 1. The predicted octanol–water partition coefficient (Wildman–Crippen LogP) is 3.88. The number of nitrogens with one attached hydrogen (secondary N) is 1. The summed E-state index contributed by atoms with van der Waals surface area (Å²) in [6.07, 6.45) is -0.934. The average molecular weight is 588 g/mol. The normalized spacial score (nSPS) is 18.4. The van der Waals surface area contributed by atoms with Gasteiger partial charge in [-0.05, 0) is 63.8 Å². The van der Waals surface area contributed by atoms with Crippen molar-refractivity contribution in [1.29, 1.82) is 0 Å². The van der Waals surface area contributed by atoms with Crippen LogP contribution in [0.3, 0.4) is 0 Å². The first-order chi connectivity index (χ1) is 18.9. The van der Waals surface area contributed by atoms with Gasteiger partial charge in [0, 0.05) is 25.0 Å². The Hall–Kier alpha value is -3.28.